The summed E-state index contributed by atoms with van der Waals surface area (Å²) in [6.45, 7) is 9.43. The van der Waals surface area contributed by atoms with Crippen LogP contribution in [0.5, 0.6) is 0 Å². The zero-order valence-electron chi connectivity index (χ0n) is 13.9. The fourth-order valence-corrected chi connectivity index (χ4v) is 2.57. The van der Waals surface area contributed by atoms with E-state index in [1.54, 1.807) is 13.0 Å². The first-order valence-corrected chi connectivity index (χ1v) is 8.30. The summed E-state index contributed by atoms with van der Waals surface area (Å²) in [6.07, 6.45) is 0. The number of hydrogen-bond acceptors (Lipinski definition) is 2. The molecule has 0 aliphatic rings. The van der Waals surface area contributed by atoms with E-state index >= 15 is 0 Å². The Kier molecular flexibility index (Phi) is 5.53. The third-order valence-electron chi connectivity index (χ3n) is 3.36. The minimum Gasteiger partial charge on any atom is -0.384 e. The second kappa shape index (κ2) is 6.34. The van der Waals surface area contributed by atoms with E-state index < -0.39 is 27.3 Å². The second-order valence-corrected chi connectivity index (χ2v) is 8.98. The first-order valence-electron chi connectivity index (χ1n) is 7.15. The summed E-state index contributed by atoms with van der Waals surface area (Å²) in [5.74, 6) is -3.37. The third kappa shape index (κ3) is 4.33. The molecule has 6 heteroatoms. The molecule has 22 heavy (non-hydrogen) atoms. The van der Waals surface area contributed by atoms with E-state index in [0.29, 0.717) is 5.56 Å². The van der Waals surface area contributed by atoms with Crippen LogP contribution in [-0.4, -0.2) is 19.7 Å². The largest absolute Gasteiger partial charge is 0.384 e. The summed E-state index contributed by atoms with van der Waals surface area (Å²) >= 11 is 0. The van der Waals surface area contributed by atoms with Crippen LogP contribution in [-0.2, 0) is 16.9 Å². The molecule has 0 fully saturated rings. The maximum atomic E-state index is 14.2. The number of nitrogens with one attached hydrogen (secondary N) is 1. The van der Waals surface area contributed by atoms with Gasteiger partial charge in [0, 0.05) is 11.6 Å². The number of benzene rings is 1. The monoisotopic (exact) mass is 333 g/mol. The zero-order chi connectivity index (χ0) is 17.3. The summed E-state index contributed by atoms with van der Waals surface area (Å²) in [5, 5.41) is 9.67. The Hall–Kier alpha value is -0.850. The molecule has 0 heterocycles. The Morgan fingerprint density at radius 1 is 1.18 bits per heavy atom. The fraction of sp³-hybridized carbons (Fsp3) is 0.625. The van der Waals surface area contributed by atoms with E-state index in [2.05, 4.69) is 4.72 Å². The zero-order valence-corrected chi connectivity index (χ0v) is 14.7. The maximum absolute atomic E-state index is 14.2. The van der Waals surface area contributed by atoms with Crippen molar-refractivity contribution in [1.29, 1.82) is 0 Å². The van der Waals surface area contributed by atoms with E-state index in [-0.39, 0.29) is 11.6 Å². The minimum absolute atomic E-state index is 0.257. The van der Waals surface area contributed by atoms with E-state index in [9.17, 15) is 18.1 Å². The van der Waals surface area contributed by atoms with Gasteiger partial charge in [0.1, 0.15) is 5.60 Å². The first kappa shape index (κ1) is 19.2. The topological polar surface area (TPSA) is 49.3 Å². The molecule has 3 nitrogen and oxygen atoms in total. The summed E-state index contributed by atoms with van der Waals surface area (Å²) in [4.78, 5) is 0. The fourth-order valence-electron chi connectivity index (χ4n) is 1.76. The van der Waals surface area contributed by atoms with Crippen LogP contribution in [0, 0.1) is 0 Å². The van der Waals surface area contributed by atoms with Crippen LogP contribution >= 0.6 is 0 Å². The van der Waals surface area contributed by atoms with Crippen LogP contribution in [0.1, 0.15) is 58.7 Å². The Morgan fingerprint density at radius 2 is 1.73 bits per heavy atom. The van der Waals surface area contributed by atoms with Crippen molar-refractivity contribution in [2.24, 2.45) is 0 Å². The molecular formula is C16H25F2NO2S. The van der Waals surface area contributed by atoms with E-state index in [1.807, 2.05) is 20.8 Å². The molecule has 2 N–H and O–H groups in total. The van der Waals surface area contributed by atoms with Crippen LogP contribution < -0.4 is 4.72 Å². The third-order valence-corrected chi connectivity index (χ3v) is 5.04. The molecule has 0 saturated carbocycles. The van der Waals surface area contributed by atoms with Crippen molar-refractivity contribution in [3.8, 4) is 0 Å². The normalized spacial score (nSPS) is 16.4. The van der Waals surface area contributed by atoms with Crippen LogP contribution in [0.25, 0.3) is 0 Å². The summed E-state index contributed by atoms with van der Waals surface area (Å²) < 4.78 is 43.0. The predicted molar refractivity (Wildman–Crippen MR) is 86.1 cm³/mol. The van der Waals surface area contributed by atoms with Gasteiger partial charge in [-0.25, -0.2) is 8.93 Å². The Balaban J connectivity index is 3.05. The molecule has 0 spiro atoms. The number of rotatable bonds is 5. The lowest BCUT2D eigenvalue weighted by molar-refractivity contribution is -0.168. The van der Waals surface area contributed by atoms with Crippen molar-refractivity contribution < 1.29 is 18.1 Å². The maximum Gasteiger partial charge on any atom is 0.300 e. The molecule has 0 aliphatic heterocycles. The molecule has 0 amide bonds. The summed E-state index contributed by atoms with van der Waals surface area (Å²) in [6, 6.07) is 5.49. The van der Waals surface area contributed by atoms with Gasteiger partial charge in [0.05, 0.1) is 15.7 Å². The molecule has 1 aromatic carbocycles. The Morgan fingerprint density at radius 3 is 2.18 bits per heavy atom. The van der Waals surface area contributed by atoms with Gasteiger partial charge in [-0.15, -0.1) is 0 Å². The molecule has 1 rings (SSSR count). The van der Waals surface area contributed by atoms with Crippen molar-refractivity contribution in [3.05, 3.63) is 35.4 Å². The van der Waals surface area contributed by atoms with Gasteiger partial charge in [0.2, 0.25) is 0 Å². The molecule has 0 aromatic heterocycles. The highest BCUT2D eigenvalue weighted by Crippen LogP contribution is 2.39. The highest BCUT2D eigenvalue weighted by Gasteiger charge is 2.47. The average molecular weight is 333 g/mol. The molecule has 1 aromatic rings. The first-order chi connectivity index (χ1) is 9.76. The van der Waals surface area contributed by atoms with Crippen molar-refractivity contribution >= 4 is 11.0 Å². The van der Waals surface area contributed by atoms with Gasteiger partial charge in [0.15, 0.2) is 0 Å². The van der Waals surface area contributed by atoms with Crippen molar-refractivity contribution in [2.45, 2.75) is 63.9 Å². The lowest BCUT2D eigenvalue weighted by Crippen LogP contribution is -2.40. The standard InChI is InChI=1S/C16H25F2NO2S/c1-11(19-22(21)14(2,3)4)12-8-7-9-13(10-12)16(17,18)15(5,6)20/h7-11,19-20H,1-6H3/t11?,22-/m1/s1. The Labute approximate surface area is 133 Å². The minimum atomic E-state index is -3.37. The molecular weight excluding hydrogens is 308 g/mol. The van der Waals surface area contributed by atoms with E-state index in [0.717, 1.165) is 13.8 Å². The number of aliphatic hydroxyl groups is 1. The second-order valence-electron chi connectivity index (χ2n) is 6.98. The molecule has 126 valence electrons. The number of alkyl halides is 2. The van der Waals surface area contributed by atoms with Crippen LogP contribution in [0.2, 0.25) is 0 Å². The van der Waals surface area contributed by atoms with Crippen molar-refractivity contribution in [1.82, 2.24) is 4.72 Å². The lowest BCUT2D eigenvalue weighted by atomic mass is 9.91. The predicted octanol–water partition coefficient (Wildman–Crippen LogP) is 3.66. The summed E-state index contributed by atoms with van der Waals surface area (Å²) in [5.41, 5.74) is -1.82. The quantitative estimate of drug-likeness (QED) is 0.864. The van der Waals surface area contributed by atoms with Gasteiger partial charge in [-0.3, -0.25) is 0 Å². The highest BCUT2D eigenvalue weighted by molar-refractivity contribution is 7.84. The smallest absolute Gasteiger partial charge is 0.300 e. The molecule has 0 radical (unpaired) electrons. The van der Waals surface area contributed by atoms with Gasteiger partial charge in [-0.1, -0.05) is 18.2 Å². The summed E-state index contributed by atoms with van der Waals surface area (Å²) in [7, 11) is -1.30. The van der Waals surface area contributed by atoms with Gasteiger partial charge in [0.25, 0.3) is 0 Å². The van der Waals surface area contributed by atoms with Crippen LogP contribution in [0.3, 0.4) is 0 Å². The van der Waals surface area contributed by atoms with Gasteiger partial charge in [-0.05, 0) is 53.2 Å². The lowest BCUT2D eigenvalue weighted by Gasteiger charge is -2.30. The van der Waals surface area contributed by atoms with Crippen molar-refractivity contribution in [3.63, 3.8) is 0 Å². The van der Waals surface area contributed by atoms with E-state index in [1.165, 1.54) is 18.2 Å². The molecule has 1 unspecified atom stereocenters. The highest BCUT2D eigenvalue weighted by atomic mass is 32.2. The van der Waals surface area contributed by atoms with Gasteiger partial charge in [-0.2, -0.15) is 8.78 Å². The number of halogens is 2. The molecule has 0 bridgehead atoms. The number of hydrogen-bond donors (Lipinski definition) is 2. The van der Waals surface area contributed by atoms with Crippen LogP contribution in [0.4, 0.5) is 8.78 Å². The Bertz CT molecular complexity index is 548. The molecule has 0 saturated heterocycles. The van der Waals surface area contributed by atoms with Crippen LogP contribution in [0.15, 0.2) is 24.3 Å². The SMILES string of the molecule is CC(N[S@](=O)C(C)(C)C)c1cccc(C(F)(F)C(C)(C)O)c1. The molecule has 0 aliphatic carbocycles. The van der Waals surface area contributed by atoms with Gasteiger partial charge < -0.3 is 5.11 Å². The molecule has 2 atom stereocenters. The van der Waals surface area contributed by atoms with Gasteiger partial charge >= 0.3 is 5.92 Å². The van der Waals surface area contributed by atoms with E-state index in [4.69, 9.17) is 0 Å². The average Bonchev–Trinajstić information content (AvgIpc) is 2.36. The van der Waals surface area contributed by atoms with Crippen molar-refractivity contribution in [2.75, 3.05) is 0 Å².